The number of para-hydroxylation sites is 1. The van der Waals surface area contributed by atoms with E-state index in [4.69, 9.17) is 4.74 Å². The Labute approximate surface area is 144 Å². The van der Waals surface area contributed by atoms with Crippen LogP contribution in [0.25, 0.3) is 10.9 Å². The second kappa shape index (κ2) is 7.17. The molecule has 3 aromatic rings. The van der Waals surface area contributed by atoms with E-state index in [1.54, 1.807) is 24.3 Å². The first-order valence-corrected chi connectivity index (χ1v) is 8.13. The molecular formula is C19H19N3O3. The van der Waals surface area contributed by atoms with Crippen molar-refractivity contribution in [3.05, 3.63) is 74.9 Å². The lowest BCUT2D eigenvalue weighted by Gasteiger charge is -2.12. The van der Waals surface area contributed by atoms with Gasteiger partial charge in [-0.3, -0.25) is 4.79 Å². The minimum absolute atomic E-state index is 0.147. The minimum atomic E-state index is -0.573. The topological polar surface area (TPSA) is 76.5 Å². The number of hydrogen-bond donors (Lipinski definition) is 1. The predicted molar refractivity (Wildman–Crippen MR) is 98.6 cm³/mol. The highest BCUT2D eigenvalue weighted by Crippen LogP contribution is 2.14. The van der Waals surface area contributed by atoms with E-state index in [0.29, 0.717) is 10.9 Å². The molecule has 0 spiro atoms. The Bertz CT molecular complexity index is 1020. The van der Waals surface area contributed by atoms with Gasteiger partial charge in [-0.05, 0) is 55.3 Å². The van der Waals surface area contributed by atoms with Crippen molar-refractivity contribution in [2.24, 2.45) is 5.10 Å². The first-order valence-electron chi connectivity index (χ1n) is 8.13. The van der Waals surface area contributed by atoms with Gasteiger partial charge in [0.15, 0.2) is 0 Å². The molecule has 0 saturated heterocycles. The fourth-order valence-corrected chi connectivity index (χ4v) is 2.33. The van der Waals surface area contributed by atoms with Crippen LogP contribution in [0.15, 0.2) is 63.2 Å². The molecule has 3 rings (SSSR count). The largest absolute Gasteiger partial charge is 0.491 e. The molecule has 1 aromatic heterocycles. The molecule has 6 nitrogen and oxygen atoms in total. The van der Waals surface area contributed by atoms with Gasteiger partial charge in [-0.1, -0.05) is 19.1 Å². The normalized spacial score (nSPS) is 12.6. The van der Waals surface area contributed by atoms with Crippen LogP contribution in [0.2, 0.25) is 0 Å². The van der Waals surface area contributed by atoms with Crippen LogP contribution >= 0.6 is 0 Å². The number of aromatic nitrogens is 2. The second-order valence-electron chi connectivity index (χ2n) is 5.74. The number of fused-ring (bicyclic) bond motifs is 1. The number of nitrogens with one attached hydrogen (secondary N) is 1. The maximum atomic E-state index is 12.4. The predicted octanol–water partition coefficient (Wildman–Crippen LogP) is 2.75. The molecule has 0 saturated carbocycles. The van der Waals surface area contributed by atoms with E-state index in [2.05, 4.69) is 17.0 Å². The average Bonchev–Trinajstić information content (AvgIpc) is 2.62. The average molecular weight is 337 g/mol. The lowest BCUT2D eigenvalue weighted by atomic mass is 10.2. The summed E-state index contributed by atoms with van der Waals surface area (Å²) in [6.45, 7) is 4.07. The van der Waals surface area contributed by atoms with Crippen molar-refractivity contribution in [3.63, 3.8) is 0 Å². The Hall–Kier alpha value is -3.15. The highest BCUT2D eigenvalue weighted by molar-refractivity contribution is 5.80. The second-order valence-corrected chi connectivity index (χ2v) is 5.74. The van der Waals surface area contributed by atoms with Crippen molar-refractivity contribution in [2.75, 3.05) is 0 Å². The molecule has 128 valence electrons. The van der Waals surface area contributed by atoms with Crippen LogP contribution in [-0.2, 0) is 0 Å². The van der Waals surface area contributed by atoms with E-state index in [0.717, 1.165) is 22.4 Å². The lowest BCUT2D eigenvalue weighted by molar-refractivity contribution is 0.217. The molecule has 0 aliphatic heterocycles. The smallest absolute Gasteiger partial charge is 0.349 e. The third-order valence-electron chi connectivity index (χ3n) is 3.90. The van der Waals surface area contributed by atoms with Crippen LogP contribution in [0, 0.1) is 0 Å². The van der Waals surface area contributed by atoms with Gasteiger partial charge < -0.3 is 9.72 Å². The van der Waals surface area contributed by atoms with Crippen LogP contribution in [0.3, 0.4) is 0 Å². The van der Waals surface area contributed by atoms with E-state index in [1.807, 2.05) is 31.2 Å². The highest BCUT2D eigenvalue weighted by atomic mass is 16.5. The molecule has 0 aliphatic carbocycles. The van der Waals surface area contributed by atoms with Crippen molar-refractivity contribution in [2.45, 2.75) is 26.4 Å². The summed E-state index contributed by atoms with van der Waals surface area (Å²) in [5.41, 5.74) is 0.232. The van der Waals surface area contributed by atoms with Crippen LogP contribution in [0.1, 0.15) is 25.8 Å². The van der Waals surface area contributed by atoms with E-state index in [1.165, 1.54) is 6.21 Å². The van der Waals surface area contributed by atoms with Gasteiger partial charge in [0.05, 0.1) is 23.2 Å². The number of nitrogens with zero attached hydrogens (tertiary/aromatic N) is 2. The van der Waals surface area contributed by atoms with Gasteiger partial charge in [0, 0.05) is 0 Å². The van der Waals surface area contributed by atoms with E-state index >= 15 is 0 Å². The monoisotopic (exact) mass is 337 g/mol. The van der Waals surface area contributed by atoms with Crippen LogP contribution in [-0.4, -0.2) is 22.0 Å². The zero-order valence-corrected chi connectivity index (χ0v) is 14.1. The molecule has 1 heterocycles. The number of rotatable bonds is 5. The minimum Gasteiger partial charge on any atom is -0.491 e. The van der Waals surface area contributed by atoms with Crippen molar-refractivity contribution in [3.8, 4) is 5.75 Å². The Kier molecular flexibility index (Phi) is 4.79. The van der Waals surface area contributed by atoms with Crippen LogP contribution < -0.4 is 16.0 Å². The fraction of sp³-hybridized carbons (Fsp3) is 0.211. The molecule has 0 unspecified atom stereocenters. The quantitative estimate of drug-likeness (QED) is 0.727. The van der Waals surface area contributed by atoms with Gasteiger partial charge in [-0.15, -0.1) is 4.68 Å². The van der Waals surface area contributed by atoms with Crippen LogP contribution in [0.5, 0.6) is 5.75 Å². The summed E-state index contributed by atoms with van der Waals surface area (Å²) in [6, 6.07) is 14.1. The van der Waals surface area contributed by atoms with E-state index in [-0.39, 0.29) is 6.10 Å². The molecule has 0 fully saturated rings. The molecule has 0 aliphatic rings. The summed E-state index contributed by atoms with van der Waals surface area (Å²) in [7, 11) is 0. The standard InChI is InChI=1S/C19H19N3O3/c1-3-13(2)25-15-10-8-14(9-11-15)12-20-22-18(23)16-6-4-5-7-17(16)21-19(22)24/h4-13H,3H2,1-2H3,(H,21,24)/t13-/m1/s1. The van der Waals surface area contributed by atoms with E-state index in [9.17, 15) is 9.59 Å². The summed E-state index contributed by atoms with van der Waals surface area (Å²) in [5.74, 6) is 0.771. The van der Waals surface area contributed by atoms with Gasteiger partial charge in [-0.25, -0.2) is 4.79 Å². The molecule has 2 aromatic carbocycles. The van der Waals surface area contributed by atoms with Gasteiger partial charge in [0.1, 0.15) is 5.75 Å². The summed E-state index contributed by atoms with van der Waals surface area (Å²) in [5, 5.41) is 4.44. The highest BCUT2D eigenvalue weighted by Gasteiger charge is 2.05. The third kappa shape index (κ3) is 3.68. The zero-order chi connectivity index (χ0) is 17.8. The molecule has 1 N–H and O–H groups in total. The van der Waals surface area contributed by atoms with Gasteiger partial charge in [0.2, 0.25) is 0 Å². The molecular weight excluding hydrogens is 318 g/mol. The summed E-state index contributed by atoms with van der Waals surface area (Å²) in [6.07, 6.45) is 2.55. The lowest BCUT2D eigenvalue weighted by Crippen LogP contribution is -2.32. The maximum absolute atomic E-state index is 12.4. The zero-order valence-electron chi connectivity index (χ0n) is 14.1. The third-order valence-corrected chi connectivity index (χ3v) is 3.90. The van der Waals surface area contributed by atoms with Crippen LogP contribution in [0.4, 0.5) is 0 Å². The van der Waals surface area contributed by atoms with Gasteiger partial charge >= 0.3 is 5.69 Å². The number of ether oxygens (including phenoxy) is 1. The van der Waals surface area contributed by atoms with Crippen molar-refractivity contribution >= 4 is 17.1 Å². The van der Waals surface area contributed by atoms with Crippen molar-refractivity contribution in [1.29, 1.82) is 0 Å². The maximum Gasteiger partial charge on any atom is 0.349 e. The Morgan fingerprint density at radius 2 is 1.88 bits per heavy atom. The Morgan fingerprint density at radius 3 is 2.60 bits per heavy atom. The molecule has 0 bridgehead atoms. The molecule has 1 atom stereocenters. The number of aromatic amines is 1. The number of H-pyrrole nitrogens is 1. The Balaban J connectivity index is 1.88. The SMILES string of the molecule is CC[C@@H](C)Oc1ccc(C=Nn2c(=O)[nH]c3ccccc3c2=O)cc1. The summed E-state index contributed by atoms with van der Waals surface area (Å²) >= 11 is 0. The first-order chi connectivity index (χ1) is 12.1. The Morgan fingerprint density at radius 1 is 1.16 bits per heavy atom. The molecule has 25 heavy (non-hydrogen) atoms. The fourth-order valence-electron chi connectivity index (χ4n) is 2.33. The number of benzene rings is 2. The summed E-state index contributed by atoms with van der Waals surface area (Å²) < 4.78 is 6.54. The van der Waals surface area contributed by atoms with Gasteiger partial charge in [0.25, 0.3) is 5.56 Å². The molecule has 6 heteroatoms. The first kappa shape index (κ1) is 16.7. The van der Waals surface area contributed by atoms with Crippen molar-refractivity contribution in [1.82, 2.24) is 9.66 Å². The number of hydrogen-bond acceptors (Lipinski definition) is 4. The summed E-state index contributed by atoms with van der Waals surface area (Å²) in [4.78, 5) is 27.1. The molecule has 0 radical (unpaired) electrons. The van der Waals surface area contributed by atoms with E-state index < -0.39 is 11.2 Å². The van der Waals surface area contributed by atoms with Gasteiger partial charge in [-0.2, -0.15) is 5.10 Å². The van der Waals surface area contributed by atoms with Crippen molar-refractivity contribution < 1.29 is 4.74 Å². The molecule has 0 amide bonds.